The molecule has 0 spiro atoms. The van der Waals surface area contributed by atoms with Crippen molar-refractivity contribution < 1.29 is 4.74 Å². The van der Waals surface area contributed by atoms with Crippen LogP contribution in [-0.2, 0) is 6.54 Å². The first-order chi connectivity index (χ1) is 12.5. The van der Waals surface area contributed by atoms with Crippen molar-refractivity contribution in [3.8, 4) is 5.75 Å². The largest absolute Gasteiger partial charge is 0.486 e. The number of nitrogens with one attached hydrogen (secondary N) is 1. The summed E-state index contributed by atoms with van der Waals surface area (Å²) in [6.07, 6.45) is 2.41. The summed E-state index contributed by atoms with van der Waals surface area (Å²) >= 11 is 6.11. The van der Waals surface area contributed by atoms with Gasteiger partial charge in [0.1, 0.15) is 29.7 Å². The van der Waals surface area contributed by atoms with Gasteiger partial charge in [-0.3, -0.25) is 0 Å². The molecule has 26 heavy (non-hydrogen) atoms. The van der Waals surface area contributed by atoms with Crippen molar-refractivity contribution in [3.63, 3.8) is 0 Å². The highest BCUT2D eigenvalue weighted by Crippen LogP contribution is 2.25. The Hall–Kier alpha value is -2.67. The highest BCUT2D eigenvalue weighted by atomic mass is 35.5. The average Bonchev–Trinajstić information content (AvgIpc) is 2.62. The standard InChI is InChI=1S/C18H23ClN6O/c1-4-16(25(3)10-13-9-22-12(2)23-18(13)20)15(24-21)11-26-17-8-6-5-7-14(17)19/h5-9,21H,4,10-11H2,1-3H3,(H2,20,22,23). The number of anilines is 1. The molecule has 0 atom stereocenters. The molecule has 0 saturated carbocycles. The predicted molar refractivity (Wildman–Crippen MR) is 102 cm³/mol. The van der Waals surface area contributed by atoms with Gasteiger partial charge < -0.3 is 15.4 Å². The van der Waals surface area contributed by atoms with Gasteiger partial charge in [0.25, 0.3) is 0 Å². The fraction of sp³-hybridized carbons (Fsp3) is 0.333. The van der Waals surface area contributed by atoms with Crippen molar-refractivity contribution in [2.24, 2.45) is 5.11 Å². The van der Waals surface area contributed by atoms with Crippen LogP contribution in [0.2, 0.25) is 5.02 Å². The molecular formula is C18H23ClN6O. The van der Waals surface area contributed by atoms with Crippen LogP contribution >= 0.6 is 11.6 Å². The monoisotopic (exact) mass is 374 g/mol. The Labute approximate surface area is 158 Å². The van der Waals surface area contributed by atoms with E-state index in [-0.39, 0.29) is 6.61 Å². The third kappa shape index (κ3) is 4.92. The molecule has 0 aliphatic rings. The summed E-state index contributed by atoms with van der Waals surface area (Å²) in [5, 5.41) is 4.18. The molecule has 0 saturated heterocycles. The molecule has 1 aromatic carbocycles. The van der Waals surface area contributed by atoms with Crippen LogP contribution in [-0.4, -0.2) is 28.5 Å². The zero-order valence-electron chi connectivity index (χ0n) is 15.2. The van der Waals surface area contributed by atoms with Crippen LogP contribution < -0.4 is 10.5 Å². The maximum Gasteiger partial charge on any atom is 0.138 e. The second kappa shape index (κ2) is 9.15. The van der Waals surface area contributed by atoms with E-state index in [4.69, 9.17) is 27.6 Å². The van der Waals surface area contributed by atoms with Gasteiger partial charge in [0, 0.05) is 31.0 Å². The fourth-order valence-electron chi connectivity index (χ4n) is 2.57. The quantitative estimate of drug-likeness (QED) is 0.675. The van der Waals surface area contributed by atoms with Gasteiger partial charge in [-0.1, -0.05) is 30.7 Å². The van der Waals surface area contributed by atoms with Crippen LogP contribution in [0.5, 0.6) is 5.75 Å². The minimum atomic E-state index is 0.153. The third-order valence-electron chi connectivity index (χ3n) is 3.89. The van der Waals surface area contributed by atoms with Gasteiger partial charge in [0.05, 0.1) is 5.02 Å². The summed E-state index contributed by atoms with van der Waals surface area (Å²) in [4.78, 5) is 10.4. The molecule has 8 heteroatoms. The molecule has 3 N–H and O–H groups in total. The van der Waals surface area contributed by atoms with Crippen molar-refractivity contribution in [2.75, 3.05) is 19.4 Å². The van der Waals surface area contributed by atoms with Crippen molar-refractivity contribution in [1.29, 1.82) is 5.53 Å². The van der Waals surface area contributed by atoms with Crippen LogP contribution in [0.3, 0.4) is 0 Å². The summed E-state index contributed by atoms with van der Waals surface area (Å²) in [5.41, 5.74) is 15.7. The van der Waals surface area contributed by atoms with Gasteiger partial charge in [-0.25, -0.2) is 15.5 Å². The van der Waals surface area contributed by atoms with E-state index in [0.29, 0.717) is 41.1 Å². The van der Waals surface area contributed by atoms with E-state index >= 15 is 0 Å². The van der Waals surface area contributed by atoms with Crippen LogP contribution in [0.1, 0.15) is 24.7 Å². The normalized spacial score (nSPS) is 11.7. The Morgan fingerprint density at radius 2 is 2.12 bits per heavy atom. The number of ether oxygens (including phenoxy) is 1. The maximum absolute atomic E-state index is 7.53. The summed E-state index contributed by atoms with van der Waals surface area (Å²) in [6.45, 7) is 4.47. The van der Waals surface area contributed by atoms with E-state index in [2.05, 4.69) is 15.1 Å². The Bertz CT molecular complexity index is 808. The second-order valence-electron chi connectivity index (χ2n) is 5.76. The molecule has 2 rings (SSSR count). The number of benzene rings is 1. The van der Waals surface area contributed by atoms with E-state index in [1.807, 2.05) is 31.0 Å². The number of hydrogen-bond acceptors (Lipinski definition) is 7. The van der Waals surface area contributed by atoms with Crippen LogP contribution in [0.4, 0.5) is 5.82 Å². The van der Waals surface area contributed by atoms with E-state index in [1.165, 1.54) is 0 Å². The highest BCUT2D eigenvalue weighted by molar-refractivity contribution is 6.32. The number of para-hydroxylation sites is 1. The number of hydrogen-bond donors (Lipinski definition) is 2. The SMILES string of the molecule is CCC(=C(COc1ccccc1Cl)N=N)N(C)Cc1cnc(C)nc1N. The first-order valence-electron chi connectivity index (χ1n) is 8.22. The van der Waals surface area contributed by atoms with E-state index in [1.54, 1.807) is 25.3 Å². The molecule has 0 amide bonds. The Balaban J connectivity index is 2.17. The topological polar surface area (TPSA) is 100 Å². The molecule has 7 nitrogen and oxygen atoms in total. The Morgan fingerprint density at radius 3 is 2.73 bits per heavy atom. The fourth-order valence-corrected chi connectivity index (χ4v) is 2.76. The number of aromatic nitrogens is 2. The molecule has 0 aliphatic heterocycles. The van der Waals surface area contributed by atoms with Gasteiger partial charge >= 0.3 is 0 Å². The lowest BCUT2D eigenvalue weighted by Crippen LogP contribution is -2.21. The number of aryl methyl sites for hydroxylation is 1. The molecule has 2 aromatic rings. The molecule has 138 valence electrons. The van der Waals surface area contributed by atoms with Gasteiger partial charge in [-0.05, 0) is 25.5 Å². The van der Waals surface area contributed by atoms with Crippen molar-refractivity contribution >= 4 is 17.4 Å². The minimum absolute atomic E-state index is 0.153. The summed E-state index contributed by atoms with van der Waals surface area (Å²) < 4.78 is 5.73. The van der Waals surface area contributed by atoms with Crippen LogP contribution in [0.15, 0.2) is 47.0 Å². The number of nitrogen functional groups attached to an aromatic ring is 1. The van der Waals surface area contributed by atoms with Crippen molar-refractivity contribution in [3.05, 3.63) is 58.3 Å². The molecule has 0 unspecified atom stereocenters. The minimum Gasteiger partial charge on any atom is -0.486 e. The first-order valence-corrected chi connectivity index (χ1v) is 8.60. The lowest BCUT2D eigenvalue weighted by molar-refractivity contribution is 0.330. The molecular weight excluding hydrogens is 352 g/mol. The molecule has 0 bridgehead atoms. The van der Waals surface area contributed by atoms with Crippen molar-refractivity contribution in [2.45, 2.75) is 26.8 Å². The Morgan fingerprint density at radius 1 is 1.38 bits per heavy atom. The summed E-state index contributed by atoms with van der Waals surface area (Å²) in [7, 11) is 1.92. The average molecular weight is 375 g/mol. The molecule has 1 aromatic heterocycles. The molecule has 1 heterocycles. The third-order valence-corrected chi connectivity index (χ3v) is 4.20. The Kier molecular flexibility index (Phi) is 6.91. The zero-order valence-corrected chi connectivity index (χ0v) is 15.9. The first kappa shape index (κ1) is 19.7. The zero-order chi connectivity index (χ0) is 19.1. The van der Waals surface area contributed by atoms with Gasteiger partial charge in [0.15, 0.2) is 0 Å². The highest BCUT2D eigenvalue weighted by Gasteiger charge is 2.14. The lowest BCUT2D eigenvalue weighted by atomic mass is 10.2. The van der Waals surface area contributed by atoms with Crippen LogP contribution in [0.25, 0.3) is 0 Å². The number of nitrogens with zero attached hydrogens (tertiary/aromatic N) is 4. The van der Waals surface area contributed by atoms with Crippen LogP contribution in [0, 0.1) is 12.5 Å². The molecule has 0 fully saturated rings. The number of allylic oxidation sites excluding steroid dienone is 1. The number of rotatable bonds is 8. The summed E-state index contributed by atoms with van der Waals surface area (Å²) in [6, 6.07) is 7.21. The predicted octanol–water partition coefficient (Wildman–Crippen LogP) is 4.18. The maximum atomic E-state index is 7.53. The van der Waals surface area contributed by atoms with E-state index in [0.717, 1.165) is 11.3 Å². The summed E-state index contributed by atoms with van der Waals surface area (Å²) in [5.74, 6) is 1.65. The van der Waals surface area contributed by atoms with Gasteiger partial charge in [-0.2, -0.15) is 5.11 Å². The van der Waals surface area contributed by atoms with E-state index in [9.17, 15) is 0 Å². The van der Waals surface area contributed by atoms with Gasteiger partial charge in [0.2, 0.25) is 0 Å². The number of halogens is 1. The molecule has 0 radical (unpaired) electrons. The molecule has 0 aliphatic carbocycles. The van der Waals surface area contributed by atoms with E-state index < -0.39 is 0 Å². The second-order valence-corrected chi connectivity index (χ2v) is 6.17. The lowest BCUT2D eigenvalue weighted by Gasteiger charge is -2.24. The number of nitrogens with two attached hydrogens (primary N) is 1. The smallest absolute Gasteiger partial charge is 0.138 e. The van der Waals surface area contributed by atoms with Crippen molar-refractivity contribution in [1.82, 2.24) is 14.9 Å². The van der Waals surface area contributed by atoms with Gasteiger partial charge in [-0.15, -0.1) is 0 Å².